The fraction of sp³-hybridized carbons (Fsp3) is 0.176. The Labute approximate surface area is 149 Å². The monoisotopic (exact) mass is 366 g/mol. The lowest BCUT2D eigenvalue weighted by Gasteiger charge is -2.10. The quantitative estimate of drug-likeness (QED) is 0.815. The highest BCUT2D eigenvalue weighted by atomic mass is 35.5. The normalized spacial score (nSPS) is 10.2. The Hall–Kier alpha value is -2.24. The number of halogens is 2. The molecule has 7 heteroatoms. The standard InChI is InChI=1S/C17H16Cl2N2O3/c1-10-3-4-11(7-15(10)24-2)8-16(22)20-21-17(23)13-9-12(18)5-6-14(13)19/h3-7,9H,8H2,1-2H3,(H,20,22)(H,21,23). The number of hydrogen-bond acceptors (Lipinski definition) is 3. The second-order valence-electron chi connectivity index (χ2n) is 5.11. The lowest BCUT2D eigenvalue weighted by atomic mass is 10.1. The maximum atomic E-state index is 12.0. The lowest BCUT2D eigenvalue weighted by molar-refractivity contribution is -0.121. The van der Waals surface area contributed by atoms with Crippen LogP contribution in [0.15, 0.2) is 36.4 Å². The van der Waals surface area contributed by atoms with Gasteiger partial charge >= 0.3 is 0 Å². The summed E-state index contributed by atoms with van der Waals surface area (Å²) in [7, 11) is 1.57. The number of hydrazine groups is 1. The third kappa shape index (κ3) is 4.63. The van der Waals surface area contributed by atoms with Crippen LogP contribution in [-0.4, -0.2) is 18.9 Å². The minimum atomic E-state index is -0.544. The van der Waals surface area contributed by atoms with Gasteiger partial charge in [0.25, 0.3) is 5.91 Å². The maximum Gasteiger partial charge on any atom is 0.271 e. The van der Waals surface area contributed by atoms with E-state index in [1.165, 1.54) is 12.1 Å². The minimum Gasteiger partial charge on any atom is -0.496 e. The van der Waals surface area contributed by atoms with Crippen molar-refractivity contribution in [3.05, 3.63) is 63.1 Å². The minimum absolute atomic E-state index is 0.0974. The molecule has 0 aliphatic carbocycles. The first-order valence-corrected chi connectivity index (χ1v) is 7.84. The molecule has 0 atom stereocenters. The van der Waals surface area contributed by atoms with E-state index in [0.29, 0.717) is 10.8 Å². The number of aryl methyl sites for hydroxylation is 1. The van der Waals surface area contributed by atoms with E-state index in [1.807, 2.05) is 19.1 Å². The van der Waals surface area contributed by atoms with Crippen LogP contribution in [0.2, 0.25) is 10.0 Å². The van der Waals surface area contributed by atoms with Crippen LogP contribution in [0.5, 0.6) is 5.75 Å². The summed E-state index contributed by atoms with van der Waals surface area (Å²) in [6, 6.07) is 9.99. The average molecular weight is 367 g/mol. The molecule has 2 aromatic carbocycles. The van der Waals surface area contributed by atoms with Gasteiger partial charge in [-0.15, -0.1) is 0 Å². The molecule has 0 heterocycles. The summed E-state index contributed by atoms with van der Waals surface area (Å²) < 4.78 is 5.22. The van der Waals surface area contributed by atoms with Crippen LogP contribution in [-0.2, 0) is 11.2 Å². The molecule has 2 amide bonds. The fourth-order valence-electron chi connectivity index (χ4n) is 2.07. The molecule has 2 rings (SSSR count). The molecule has 2 N–H and O–H groups in total. The Morgan fingerprint density at radius 3 is 2.54 bits per heavy atom. The van der Waals surface area contributed by atoms with E-state index in [2.05, 4.69) is 10.9 Å². The van der Waals surface area contributed by atoms with Gasteiger partial charge in [0.2, 0.25) is 5.91 Å². The number of ether oxygens (including phenoxy) is 1. The Bertz CT molecular complexity index is 778. The zero-order valence-electron chi connectivity index (χ0n) is 13.2. The van der Waals surface area contributed by atoms with Crippen LogP contribution >= 0.6 is 23.2 Å². The van der Waals surface area contributed by atoms with Crippen molar-refractivity contribution in [2.24, 2.45) is 0 Å². The molecule has 0 radical (unpaired) electrons. The molecular formula is C17H16Cl2N2O3. The topological polar surface area (TPSA) is 67.4 Å². The van der Waals surface area contributed by atoms with Gasteiger partial charge in [0.15, 0.2) is 0 Å². The highest BCUT2D eigenvalue weighted by Gasteiger charge is 2.12. The van der Waals surface area contributed by atoms with E-state index in [9.17, 15) is 9.59 Å². The third-order valence-corrected chi connectivity index (χ3v) is 3.89. The fourth-order valence-corrected chi connectivity index (χ4v) is 2.44. The summed E-state index contributed by atoms with van der Waals surface area (Å²) in [5, 5.41) is 0.622. The second-order valence-corrected chi connectivity index (χ2v) is 5.95. The molecule has 0 fully saturated rings. The summed E-state index contributed by atoms with van der Waals surface area (Å²) >= 11 is 11.8. The van der Waals surface area contributed by atoms with Crippen LogP contribution in [0, 0.1) is 6.92 Å². The van der Waals surface area contributed by atoms with Gasteiger partial charge in [0.1, 0.15) is 5.75 Å². The Morgan fingerprint density at radius 2 is 1.83 bits per heavy atom. The first kappa shape index (κ1) is 18.1. The Morgan fingerprint density at radius 1 is 1.08 bits per heavy atom. The SMILES string of the molecule is COc1cc(CC(=O)NNC(=O)c2cc(Cl)ccc2Cl)ccc1C. The van der Waals surface area contributed by atoms with Crippen molar-refractivity contribution in [3.8, 4) is 5.75 Å². The molecule has 0 aromatic heterocycles. The molecule has 126 valence electrons. The summed E-state index contributed by atoms with van der Waals surface area (Å²) in [4.78, 5) is 24.0. The van der Waals surface area contributed by atoms with Crippen molar-refractivity contribution in [1.29, 1.82) is 0 Å². The maximum absolute atomic E-state index is 12.0. The van der Waals surface area contributed by atoms with Crippen molar-refractivity contribution in [1.82, 2.24) is 10.9 Å². The van der Waals surface area contributed by atoms with Crippen molar-refractivity contribution in [2.45, 2.75) is 13.3 Å². The molecule has 0 unspecified atom stereocenters. The third-order valence-electron chi connectivity index (χ3n) is 3.33. The number of methoxy groups -OCH3 is 1. The van der Waals surface area contributed by atoms with E-state index in [0.717, 1.165) is 11.1 Å². The summed E-state index contributed by atoms with van der Waals surface area (Å²) in [6.45, 7) is 1.91. The zero-order chi connectivity index (χ0) is 17.7. The summed E-state index contributed by atoms with van der Waals surface area (Å²) in [5.74, 6) is -0.209. The lowest BCUT2D eigenvalue weighted by Crippen LogP contribution is -2.42. The zero-order valence-corrected chi connectivity index (χ0v) is 14.7. The smallest absolute Gasteiger partial charge is 0.271 e. The average Bonchev–Trinajstić information content (AvgIpc) is 2.56. The number of nitrogens with one attached hydrogen (secondary N) is 2. The Balaban J connectivity index is 1.95. The van der Waals surface area contributed by atoms with Gasteiger partial charge in [-0.1, -0.05) is 35.3 Å². The molecule has 0 spiro atoms. The van der Waals surface area contributed by atoms with Crippen LogP contribution in [0.3, 0.4) is 0 Å². The van der Waals surface area contributed by atoms with E-state index in [1.54, 1.807) is 19.2 Å². The van der Waals surface area contributed by atoms with Gasteiger partial charge < -0.3 is 4.74 Å². The molecule has 0 saturated heterocycles. The van der Waals surface area contributed by atoms with Gasteiger partial charge in [0, 0.05) is 5.02 Å². The number of carbonyl (C=O) groups is 2. The molecule has 0 bridgehead atoms. The first-order chi connectivity index (χ1) is 11.4. The predicted octanol–water partition coefficient (Wildman–Crippen LogP) is 3.31. The number of hydrogen-bond donors (Lipinski definition) is 2. The molecule has 0 aliphatic heterocycles. The van der Waals surface area contributed by atoms with Crippen LogP contribution in [0.25, 0.3) is 0 Å². The molecule has 0 saturated carbocycles. The second kappa shape index (κ2) is 8.04. The van der Waals surface area contributed by atoms with Crippen LogP contribution in [0.4, 0.5) is 0 Å². The predicted molar refractivity (Wildman–Crippen MR) is 93.5 cm³/mol. The van der Waals surface area contributed by atoms with Gasteiger partial charge in [0.05, 0.1) is 24.1 Å². The van der Waals surface area contributed by atoms with Crippen molar-refractivity contribution >= 4 is 35.0 Å². The van der Waals surface area contributed by atoms with Gasteiger partial charge in [-0.3, -0.25) is 20.4 Å². The van der Waals surface area contributed by atoms with E-state index in [-0.39, 0.29) is 22.9 Å². The van der Waals surface area contributed by atoms with Gasteiger partial charge in [-0.2, -0.15) is 0 Å². The largest absolute Gasteiger partial charge is 0.496 e. The number of amides is 2. The summed E-state index contributed by atoms with van der Waals surface area (Å²) in [6.07, 6.45) is 0.0974. The molecule has 24 heavy (non-hydrogen) atoms. The van der Waals surface area contributed by atoms with Gasteiger partial charge in [-0.05, 0) is 42.3 Å². The molecule has 5 nitrogen and oxygen atoms in total. The number of rotatable bonds is 4. The highest BCUT2D eigenvalue weighted by molar-refractivity contribution is 6.35. The van der Waals surface area contributed by atoms with Crippen molar-refractivity contribution < 1.29 is 14.3 Å². The van der Waals surface area contributed by atoms with Gasteiger partial charge in [-0.25, -0.2) is 0 Å². The van der Waals surface area contributed by atoms with E-state index >= 15 is 0 Å². The van der Waals surface area contributed by atoms with E-state index in [4.69, 9.17) is 27.9 Å². The summed E-state index contributed by atoms with van der Waals surface area (Å²) in [5.41, 5.74) is 6.59. The first-order valence-electron chi connectivity index (χ1n) is 7.08. The number of benzene rings is 2. The Kier molecular flexibility index (Phi) is 6.06. The molecule has 0 aliphatic rings. The van der Waals surface area contributed by atoms with Crippen molar-refractivity contribution in [2.75, 3.05) is 7.11 Å². The van der Waals surface area contributed by atoms with Crippen LogP contribution in [0.1, 0.15) is 21.5 Å². The van der Waals surface area contributed by atoms with E-state index < -0.39 is 5.91 Å². The molecular weight excluding hydrogens is 351 g/mol. The molecule has 2 aromatic rings. The highest BCUT2D eigenvalue weighted by Crippen LogP contribution is 2.20. The number of carbonyl (C=O) groups excluding carboxylic acids is 2. The van der Waals surface area contributed by atoms with Crippen molar-refractivity contribution in [3.63, 3.8) is 0 Å². The van der Waals surface area contributed by atoms with Crippen LogP contribution < -0.4 is 15.6 Å².